The Bertz CT molecular complexity index is 267. The molecule has 0 heterocycles. The van der Waals surface area contributed by atoms with Crippen LogP contribution in [0.25, 0.3) is 0 Å². The first-order chi connectivity index (χ1) is 8.91. The third-order valence-corrected chi connectivity index (χ3v) is 6.19. The number of carbonyl (C=O) groups excluding carboxylic acids is 1. The molecule has 1 atom stereocenters. The lowest BCUT2D eigenvalue weighted by Crippen LogP contribution is -2.35. The van der Waals surface area contributed by atoms with Gasteiger partial charge in [0.25, 0.3) is 0 Å². The summed E-state index contributed by atoms with van der Waals surface area (Å²) in [5.41, 5.74) is -0.571. The van der Waals surface area contributed by atoms with Gasteiger partial charge in [0.05, 0.1) is 0 Å². The van der Waals surface area contributed by atoms with E-state index in [1.54, 1.807) is 0 Å². The highest BCUT2D eigenvalue weighted by atomic mass is 35.8. The molecule has 0 radical (unpaired) electrons. The van der Waals surface area contributed by atoms with Gasteiger partial charge in [-0.1, -0.05) is 52.0 Å². The molecular formula is C13H23Cl3O2Si. The smallest absolute Gasteiger partial charge is 0.381 e. The second-order valence-corrected chi connectivity index (χ2v) is 13.4. The summed E-state index contributed by atoms with van der Waals surface area (Å²) in [6.45, 7) is 5.54. The molecule has 0 bridgehead atoms. The Morgan fingerprint density at radius 2 is 1.68 bits per heavy atom. The number of rotatable bonds is 11. The molecule has 112 valence electrons. The molecule has 0 rings (SSSR count). The van der Waals surface area contributed by atoms with Crippen LogP contribution >= 0.6 is 33.2 Å². The molecule has 0 aliphatic heterocycles. The quantitative estimate of drug-likeness (QED) is 0.164. The fraction of sp³-hybridized carbons (Fsp3) is 0.769. The zero-order valence-electron chi connectivity index (χ0n) is 11.5. The van der Waals surface area contributed by atoms with Crippen LogP contribution < -0.4 is 0 Å². The second-order valence-electron chi connectivity index (χ2n) is 4.58. The predicted molar refractivity (Wildman–Crippen MR) is 86.0 cm³/mol. The predicted octanol–water partition coefficient (Wildman–Crippen LogP) is 5.42. The van der Waals surface area contributed by atoms with Crippen LogP contribution in [-0.4, -0.2) is 17.7 Å². The highest BCUT2D eigenvalue weighted by Crippen LogP contribution is 2.30. The highest BCUT2D eigenvalue weighted by Gasteiger charge is 2.39. The lowest BCUT2D eigenvalue weighted by atomic mass is 10.1. The SMILES string of the molecule is C=CC(=O)OC(CCCCCCCCC)[Si](Cl)(Cl)Cl. The van der Waals surface area contributed by atoms with Crippen LogP contribution in [-0.2, 0) is 9.53 Å². The van der Waals surface area contributed by atoms with Gasteiger partial charge in [0.15, 0.2) is 0 Å². The van der Waals surface area contributed by atoms with Gasteiger partial charge in [0, 0.05) is 6.08 Å². The maximum absolute atomic E-state index is 11.2. The van der Waals surface area contributed by atoms with Crippen molar-refractivity contribution in [3.8, 4) is 0 Å². The molecular weight excluding hydrogens is 323 g/mol. The Kier molecular flexibility index (Phi) is 11.2. The first kappa shape index (κ1) is 19.3. The number of unbranched alkanes of at least 4 members (excludes halogenated alkanes) is 6. The molecule has 0 aromatic heterocycles. The van der Waals surface area contributed by atoms with E-state index in [0.29, 0.717) is 6.42 Å². The number of carbonyl (C=O) groups is 1. The van der Waals surface area contributed by atoms with E-state index in [1.165, 1.54) is 32.1 Å². The second kappa shape index (κ2) is 11.0. The van der Waals surface area contributed by atoms with E-state index in [4.69, 9.17) is 38.0 Å². The molecule has 1 unspecified atom stereocenters. The van der Waals surface area contributed by atoms with Crippen LogP contribution in [0.5, 0.6) is 0 Å². The van der Waals surface area contributed by atoms with Crippen molar-refractivity contribution in [1.29, 1.82) is 0 Å². The molecule has 2 nitrogen and oxygen atoms in total. The van der Waals surface area contributed by atoms with Gasteiger partial charge >= 0.3 is 12.0 Å². The highest BCUT2D eigenvalue weighted by molar-refractivity contribution is 7.65. The topological polar surface area (TPSA) is 26.3 Å². The summed E-state index contributed by atoms with van der Waals surface area (Å²) in [7, 11) is 0. The zero-order valence-corrected chi connectivity index (χ0v) is 14.7. The molecule has 0 fully saturated rings. The number of halogens is 3. The fourth-order valence-corrected chi connectivity index (χ4v) is 3.93. The van der Waals surface area contributed by atoms with Gasteiger partial charge in [0.1, 0.15) is 5.73 Å². The van der Waals surface area contributed by atoms with Gasteiger partial charge < -0.3 is 4.74 Å². The minimum atomic E-state index is -3.02. The largest absolute Gasteiger partial charge is 0.458 e. The van der Waals surface area contributed by atoms with E-state index >= 15 is 0 Å². The van der Waals surface area contributed by atoms with Crippen LogP contribution in [0.4, 0.5) is 0 Å². The summed E-state index contributed by atoms with van der Waals surface area (Å²) in [5.74, 6) is -0.522. The van der Waals surface area contributed by atoms with Crippen LogP contribution in [0.3, 0.4) is 0 Å². The van der Waals surface area contributed by atoms with Crippen LogP contribution in [0.2, 0.25) is 0 Å². The Balaban J connectivity index is 3.88. The molecule has 0 aliphatic carbocycles. The molecule has 0 saturated heterocycles. The molecule has 0 N–H and O–H groups in total. The van der Waals surface area contributed by atoms with Gasteiger partial charge in [-0.2, -0.15) is 0 Å². The van der Waals surface area contributed by atoms with Gasteiger partial charge in [-0.15, -0.1) is 33.2 Å². The summed E-state index contributed by atoms with van der Waals surface area (Å²) in [6, 6.07) is -3.02. The molecule has 0 saturated carbocycles. The molecule has 19 heavy (non-hydrogen) atoms. The average Bonchev–Trinajstić information content (AvgIpc) is 2.34. The molecule has 0 aromatic carbocycles. The van der Waals surface area contributed by atoms with Crippen molar-refractivity contribution in [2.45, 2.75) is 64.0 Å². The van der Waals surface area contributed by atoms with E-state index in [2.05, 4.69) is 13.5 Å². The molecule has 0 aliphatic rings. The van der Waals surface area contributed by atoms with Crippen molar-refractivity contribution in [3.63, 3.8) is 0 Å². The number of ether oxygens (including phenoxy) is 1. The van der Waals surface area contributed by atoms with Gasteiger partial charge in [-0.05, 0) is 12.8 Å². The van der Waals surface area contributed by atoms with E-state index in [1.807, 2.05) is 0 Å². The molecule has 0 spiro atoms. The van der Waals surface area contributed by atoms with Crippen molar-refractivity contribution >= 4 is 45.2 Å². The maximum atomic E-state index is 11.2. The van der Waals surface area contributed by atoms with E-state index < -0.39 is 17.7 Å². The van der Waals surface area contributed by atoms with Crippen LogP contribution in [0.1, 0.15) is 58.3 Å². The van der Waals surface area contributed by atoms with Gasteiger partial charge in [-0.25, -0.2) is 4.79 Å². The Labute approximate surface area is 131 Å². The van der Waals surface area contributed by atoms with Crippen LogP contribution in [0, 0.1) is 0 Å². The molecule has 0 aromatic rings. The first-order valence-corrected chi connectivity index (χ1v) is 11.9. The minimum Gasteiger partial charge on any atom is -0.458 e. The lowest BCUT2D eigenvalue weighted by Gasteiger charge is -2.21. The van der Waals surface area contributed by atoms with Crippen molar-refractivity contribution < 1.29 is 9.53 Å². The molecule has 6 heteroatoms. The summed E-state index contributed by atoms with van der Waals surface area (Å²) in [6.07, 6.45) is 9.98. The average molecular weight is 346 g/mol. The minimum absolute atomic E-state index is 0.522. The third-order valence-electron chi connectivity index (χ3n) is 2.86. The summed E-state index contributed by atoms with van der Waals surface area (Å²) in [5, 5.41) is 0. The Morgan fingerprint density at radius 3 is 2.16 bits per heavy atom. The zero-order chi connectivity index (χ0) is 14.7. The monoisotopic (exact) mass is 344 g/mol. The van der Waals surface area contributed by atoms with E-state index in [-0.39, 0.29) is 0 Å². The van der Waals surface area contributed by atoms with Crippen molar-refractivity contribution in [2.24, 2.45) is 0 Å². The van der Waals surface area contributed by atoms with E-state index in [9.17, 15) is 4.79 Å². The standard InChI is InChI=1S/C13H23Cl3O2Si/c1-3-5-6-7-8-9-10-11-13(19(14,15)16)18-12(17)4-2/h4,13H,2-3,5-11H2,1H3. The van der Waals surface area contributed by atoms with Crippen molar-refractivity contribution in [3.05, 3.63) is 12.7 Å². The van der Waals surface area contributed by atoms with Crippen molar-refractivity contribution in [2.75, 3.05) is 0 Å². The number of hydrogen-bond acceptors (Lipinski definition) is 2. The summed E-state index contributed by atoms with van der Waals surface area (Å²) < 4.78 is 5.12. The Hall–Kier alpha value is 0.297. The maximum Gasteiger partial charge on any atom is 0.381 e. The van der Waals surface area contributed by atoms with Crippen molar-refractivity contribution in [1.82, 2.24) is 0 Å². The van der Waals surface area contributed by atoms with E-state index in [0.717, 1.165) is 18.9 Å². The van der Waals surface area contributed by atoms with Gasteiger partial charge in [-0.3, -0.25) is 0 Å². The lowest BCUT2D eigenvalue weighted by molar-refractivity contribution is -0.139. The summed E-state index contributed by atoms with van der Waals surface area (Å²) in [4.78, 5) is 11.2. The normalized spacial score (nSPS) is 13.1. The summed E-state index contributed by atoms with van der Waals surface area (Å²) >= 11 is 17.8. The molecule has 0 amide bonds. The third kappa shape index (κ3) is 10.7. The fourth-order valence-electron chi connectivity index (χ4n) is 1.76. The Morgan fingerprint density at radius 1 is 1.16 bits per heavy atom. The van der Waals surface area contributed by atoms with Gasteiger partial charge in [0.2, 0.25) is 0 Å². The van der Waals surface area contributed by atoms with Crippen LogP contribution in [0.15, 0.2) is 12.7 Å². The number of esters is 1. The number of hydrogen-bond donors (Lipinski definition) is 0. The first-order valence-electron chi connectivity index (χ1n) is 6.81.